The number of anilines is 2. The van der Waals surface area contributed by atoms with Crippen LogP contribution in [0, 0.1) is 0 Å². The Balaban J connectivity index is 1.61. The number of urea groups is 1. The quantitative estimate of drug-likeness (QED) is 0.637. The summed E-state index contributed by atoms with van der Waals surface area (Å²) in [4.78, 5) is 29.2. The number of amides is 3. The summed E-state index contributed by atoms with van der Waals surface area (Å²) in [6.07, 6.45) is 0.203. The maximum Gasteiger partial charge on any atom is 0.318 e. The lowest BCUT2D eigenvalue weighted by Gasteiger charge is -2.08. The molecule has 2 aromatic heterocycles. The number of thiazole rings is 1. The molecule has 1 aromatic carbocycles. The van der Waals surface area contributed by atoms with Crippen molar-refractivity contribution in [3.05, 3.63) is 52.9 Å². The molecule has 128 valence electrons. The van der Waals surface area contributed by atoms with Gasteiger partial charge in [-0.1, -0.05) is 12.1 Å². The third kappa shape index (κ3) is 4.65. The van der Waals surface area contributed by atoms with Crippen LogP contribution in [0.15, 0.2) is 47.2 Å². The zero-order valence-electron chi connectivity index (χ0n) is 13.4. The maximum absolute atomic E-state index is 12.2. The third-order valence-electron chi connectivity index (χ3n) is 3.26. The fourth-order valence-corrected chi connectivity index (χ4v) is 3.77. The lowest BCUT2D eigenvalue weighted by Crippen LogP contribution is -2.24. The summed E-state index contributed by atoms with van der Waals surface area (Å²) in [5.41, 5.74) is 1.96. The molecule has 3 N–H and O–H groups in total. The van der Waals surface area contributed by atoms with Crippen LogP contribution >= 0.6 is 22.7 Å². The summed E-state index contributed by atoms with van der Waals surface area (Å²) in [7, 11) is 1.54. The molecule has 8 heteroatoms. The molecule has 6 nitrogen and oxygen atoms in total. The van der Waals surface area contributed by atoms with Crippen molar-refractivity contribution in [1.29, 1.82) is 0 Å². The Morgan fingerprint density at radius 3 is 2.60 bits per heavy atom. The normalized spacial score (nSPS) is 10.3. The lowest BCUT2D eigenvalue weighted by atomic mass is 10.2. The first-order valence-electron chi connectivity index (χ1n) is 7.51. The predicted octanol–water partition coefficient (Wildman–Crippen LogP) is 3.80. The number of nitrogens with one attached hydrogen (secondary N) is 3. The molecular weight excluding hydrogens is 356 g/mol. The van der Waals surface area contributed by atoms with Gasteiger partial charge >= 0.3 is 6.03 Å². The van der Waals surface area contributed by atoms with Crippen molar-refractivity contribution < 1.29 is 9.59 Å². The average molecular weight is 372 g/mol. The summed E-state index contributed by atoms with van der Waals surface area (Å²) >= 11 is 3.16. The lowest BCUT2D eigenvalue weighted by molar-refractivity contribution is -0.115. The topological polar surface area (TPSA) is 83.1 Å². The monoisotopic (exact) mass is 372 g/mol. The summed E-state index contributed by atoms with van der Waals surface area (Å²) in [5, 5.41) is 12.8. The van der Waals surface area contributed by atoms with Crippen LogP contribution in [0.1, 0.15) is 5.69 Å². The molecule has 0 saturated carbocycles. The van der Waals surface area contributed by atoms with E-state index in [4.69, 9.17) is 0 Å². The Morgan fingerprint density at radius 2 is 1.88 bits per heavy atom. The van der Waals surface area contributed by atoms with Gasteiger partial charge in [0.2, 0.25) is 5.91 Å². The molecule has 3 rings (SSSR count). The summed E-state index contributed by atoms with van der Waals surface area (Å²) in [6.45, 7) is 0. The maximum atomic E-state index is 12.2. The molecule has 0 fully saturated rings. The van der Waals surface area contributed by atoms with Gasteiger partial charge in [0.15, 0.2) is 0 Å². The highest BCUT2D eigenvalue weighted by molar-refractivity contribution is 7.20. The van der Waals surface area contributed by atoms with Crippen molar-refractivity contribution in [2.75, 3.05) is 17.7 Å². The molecule has 0 aliphatic rings. The molecule has 0 radical (unpaired) electrons. The Hall–Kier alpha value is -2.71. The van der Waals surface area contributed by atoms with Crippen LogP contribution in [0.2, 0.25) is 0 Å². The van der Waals surface area contributed by atoms with Crippen LogP contribution in [0.3, 0.4) is 0 Å². The number of nitrogens with zero attached hydrogens (tertiary/aromatic N) is 1. The van der Waals surface area contributed by atoms with Crippen molar-refractivity contribution in [2.45, 2.75) is 6.42 Å². The van der Waals surface area contributed by atoms with Crippen molar-refractivity contribution in [2.24, 2.45) is 0 Å². The minimum atomic E-state index is -0.313. The number of thiophene rings is 1. The van der Waals surface area contributed by atoms with E-state index in [1.54, 1.807) is 42.6 Å². The summed E-state index contributed by atoms with van der Waals surface area (Å²) in [5.74, 6) is -0.153. The van der Waals surface area contributed by atoms with Crippen LogP contribution in [-0.2, 0) is 11.2 Å². The number of aromatic nitrogens is 1. The minimum Gasteiger partial charge on any atom is -0.341 e. The first-order valence-corrected chi connectivity index (χ1v) is 9.27. The standard InChI is InChI=1S/C17H16N4O2S2/c1-18-17(23)21-12-5-2-4-11(8-12)19-15(22)9-13-10-25-16(20-13)14-6-3-7-24-14/h2-8,10H,9H2,1H3,(H,19,22)(H2,18,21,23). The van der Waals surface area contributed by atoms with E-state index in [2.05, 4.69) is 20.9 Å². The molecule has 0 unspecified atom stereocenters. The molecule has 3 amide bonds. The van der Waals surface area contributed by atoms with Gasteiger partial charge in [-0.05, 0) is 29.6 Å². The van der Waals surface area contributed by atoms with Gasteiger partial charge in [-0.2, -0.15) is 0 Å². The molecule has 0 spiro atoms. The van der Waals surface area contributed by atoms with E-state index in [1.807, 2.05) is 22.9 Å². The molecular formula is C17H16N4O2S2. The SMILES string of the molecule is CNC(=O)Nc1cccc(NC(=O)Cc2csc(-c3cccs3)n2)c1. The molecule has 25 heavy (non-hydrogen) atoms. The largest absolute Gasteiger partial charge is 0.341 e. The highest BCUT2D eigenvalue weighted by Crippen LogP contribution is 2.28. The van der Waals surface area contributed by atoms with Gasteiger partial charge in [-0.25, -0.2) is 9.78 Å². The predicted molar refractivity (Wildman–Crippen MR) is 102 cm³/mol. The first kappa shape index (κ1) is 17.1. The van der Waals surface area contributed by atoms with Crippen LogP contribution in [0.5, 0.6) is 0 Å². The first-order chi connectivity index (χ1) is 12.1. The zero-order valence-corrected chi connectivity index (χ0v) is 15.0. The molecule has 0 atom stereocenters. The highest BCUT2D eigenvalue weighted by atomic mass is 32.1. The van der Waals surface area contributed by atoms with Gasteiger partial charge in [-0.15, -0.1) is 22.7 Å². The van der Waals surface area contributed by atoms with Gasteiger partial charge in [0.05, 0.1) is 17.0 Å². The molecule has 0 bridgehead atoms. The van der Waals surface area contributed by atoms with Crippen molar-refractivity contribution in [1.82, 2.24) is 10.3 Å². The van der Waals surface area contributed by atoms with Crippen LogP contribution in [0.4, 0.5) is 16.2 Å². The van der Waals surface area contributed by atoms with E-state index in [9.17, 15) is 9.59 Å². The molecule has 2 heterocycles. The van der Waals surface area contributed by atoms with Gasteiger partial charge in [0.25, 0.3) is 0 Å². The second kappa shape index (κ2) is 7.91. The number of carbonyl (C=O) groups excluding carboxylic acids is 2. The van der Waals surface area contributed by atoms with Crippen LogP contribution in [0.25, 0.3) is 9.88 Å². The Labute approximate surface area is 152 Å². The van der Waals surface area contributed by atoms with E-state index >= 15 is 0 Å². The Bertz CT molecular complexity index is 874. The van der Waals surface area contributed by atoms with Gasteiger partial charge in [-0.3, -0.25) is 4.79 Å². The fraction of sp³-hybridized carbons (Fsp3) is 0.118. The van der Waals surface area contributed by atoms with Crippen molar-refractivity contribution in [3.8, 4) is 9.88 Å². The molecule has 3 aromatic rings. The van der Waals surface area contributed by atoms with E-state index in [0.717, 1.165) is 15.6 Å². The van der Waals surface area contributed by atoms with Gasteiger partial charge in [0, 0.05) is 23.8 Å². The minimum absolute atomic E-state index is 0.153. The average Bonchev–Trinajstić information content (AvgIpc) is 3.26. The van der Waals surface area contributed by atoms with E-state index in [0.29, 0.717) is 11.4 Å². The number of hydrogen-bond donors (Lipinski definition) is 3. The van der Waals surface area contributed by atoms with Crippen LogP contribution < -0.4 is 16.0 Å². The molecule has 0 saturated heterocycles. The smallest absolute Gasteiger partial charge is 0.318 e. The zero-order chi connectivity index (χ0) is 17.6. The van der Waals surface area contributed by atoms with E-state index in [-0.39, 0.29) is 18.4 Å². The number of hydrogen-bond acceptors (Lipinski definition) is 5. The van der Waals surface area contributed by atoms with E-state index in [1.165, 1.54) is 11.3 Å². The van der Waals surface area contributed by atoms with E-state index < -0.39 is 0 Å². The molecule has 0 aliphatic heterocycles. The Kier molecular flexibility index (Phi) is 5.42. The van der Waals surface area contributed by atoms with Crippen molar-refractivity contribution >= 4 is 46.0 Å². The van der Waals surface area contributed by atoms with Gasteiger partial charge in [0.1, 0.15) is 5.01 Å². The summed E-state index contributed by atoms with van der Waals surface area (Å²) < 4.78 is 0. The number of rotatable bonds is 5. The molecule has 0 aliphatic carbocycles. The summed E-state index contributed by atoms with van der Waals surface area (Å²) in [6, 6.07) is 10.7. The highest BCUT2D eigenvalue weighted by Gasteiger charge is 2.10. The second-order valence-electron chi connectivity index (χ2n) is 5.13. The second-order valence-corrected chi connectivity index (χ2v) is 6.94. The van der Waals surface area contributed by atoms with Crippen LogP contribution in [-0.4, -0.2) is 24.0 Å². The Morgan fingerprint density at radius 1 is 1.08 bits per heavy atom. The van der Waals surface area contributed by atoms with Gasteiger partial charge < -0.3 is 16.0 Å². The van der Waals surface area contributed by atoms with Crippen molar-refractivity contribution in [3.63, 3.8) is 0 Å². The fourth-order valence-electron chi connectivity index (χ4n) is 2.14. The number of carbonyl (C=O) groups is 2. The third-order valence-corrected chi connectivity index (χ3v) is 5.19. The number of benzene rings is 1.